The zero-order valence-electron chi connectivity index (χ0n) is 17.0. The van der Waals surface area contributed by atoms with Crippen LogP contribution in [0.25, 0.3) is 0 Å². The molecular weight excluding hydrogens is 324 g/mol. The van der Waals surface area contributed by atoms with Gasteiger partial charge in [0.2, 0.25) is 0 Å². The molecule has 0 heterocycles. The maximum Gasteiger partial charge on any atom is 0.0602 e. The van der Waals surface area contributed by atoms with Crippen molar-refractivity contribution in [1.29, 1.82) is 0 Å². The van der Waals surface area contributed by atoms with E-state index in [1.165, 1.54) is 25.7 Å². The van der Waals surface area contributed by atoms with Gasteiger partial charge in [-0.05, 0) is 104 Å². The zero-order chi connectivity index (χ0) is 18.7. The monoisotopic (exact) mass is 364 g/mol. The summed E-state index contributed by atoms with van der Waals surface area (Å²) in [5.41, 5.74) is 0.354. The number of rotatable bonds is 3. The van der Waals surface area contributed by atoms with Gasteiger partial charge >= 0.3 is 0 Å². The van der Waals surface area contributed by atoms with Crippen molar-refractivity contribution in [1.82, 2.24) is 0 Å². The molecule has 0 saturated heterocycles. The first-order valence-corrected chi connectivity index (χ1v) is 11.3. The molecule has 0 aromatic heterocycles. The summed E-state index contributed by atoms with van der Waals surface area (Å²) < 4.78 is 0. The minimum absolute atomic E-state index is 0.0349. The lowest BCUT2D eigenvalue weighted by Crippen LogP contribution is -2.58. The minimum Gasteiger partial charge on any atom is -0.396 e. The molecule has 4 rings (SSSR count). The Morgan fingerprint density at radius 3 is 2.46 bits per heavy atom. The van der Waals surface area contributed by atoms with Crippen molar-refractivity contribution in [3.8, 4) is 0 Å². The molecule has 0 spiro atoms. The van der Waals surface area contributed by atoms with Crippen LogP contribution in [-0.4, -0.2) is 34.1 Å². The molecule has 0 bridgehead atoms. The van der Waals surface area contributed by atoms with Gasteiger partial charge < -0.3 is 15.3 Å². The van der Waals surface area contributed by atoms with Crippen molar-refractivity contribution in [2.75, 3.05) is 6.61 Å². The van der Waals surface area contributed by atoms with Crippen molar-refractivity contribution in [2.45, 2.75) is 90.8 Å². The Morgan fingerprint density at radius 1 is 0.962 bits per heavy atom. The summed E-state index contributed by atoms with van der Waals surface area (Å²) in [7, 11) is 0. The summed E-state index contributed by atoms with van der Waals surface area (Å²) in [6.45, 7) is 7.41. The van der Waals surface area contributed by atoms with Gasteiger partial charge in [0.15, 0.2) is 0 Å². The lowest BCUT2D eigenvalue weighted by molar-refractivity contribution is -0.175. The van der Waals surface area contributed by atoms with Gasteiger partial charge in [0, 0.05) is 6.61 Å². The van der Waals surface area contributed by atoms with Gasteiger partial charge in [-0.1, -0.05) is 20.8 Å². The Balaban J connectivity index is 1.61. The summed E-state index contributed by atoms with van der Waals surface area (Å²) in [6.07, 6.45) is 9.65. The number of fused-ring (bicyclic) bond motifs is 5. The molecule has 0 radical (unpaired) electrons. The topological polar surface area (TPSA) is 60.7 Å². The Hall–Kier alpha value is -0.120. The van der Waals surface area contributed by atoms with Gasteiger partial charge in [0.1, 0.15) is 0 Å². The molecular formula is C23H40O3. The van der Waals surface area contributed by atoms with E-state index < -0.39 is 0 Å². The third-order valence-electron chi connectivity index (χ3n) is 10.1. The normalized spacial score (nSPS) is 54.9. The first-order chi connectivity index (χ1) is 12.3. The second-order valence-electron chi connectivity index (χ2n) is 10.9. The van der Waals surface area contributed by atoms with Gasteiger partial charge in [-0.25, -0.2) is 0 Å². The number of aliphatic hydroxyl groups is 3. The quantitative estimate of drug-likeness (QED) is 0.709. The fourth-order valence-electron chi connectivity index (χ4n) is 8.56. The SMILES string of the molecule is CC(CCO)C1CCC2C3CCC4CC(O)CCC4(C)C3CC(O)C12C. The van der Waals surface area contributed by atoms with Crippen LogP contribution in [0.4, 0.5) is 0 Å². The molecule has 26 heavy (non-hydrogen) atoms. The largest absolute Gasteiger partial charge is 0.396 e. The van der Waals surface area contributed by atoms with E-state index >= 15 is 0 Å². The van der Waals surface area contributed by atoms with E-state index in [4.69, 9.17) is 0 Å². The third-order valence-corrected chi connectivity index (χ3v) is 10.1. The summed E-state index contributed by atoms with van der Waals surface area (Å²) in [5.74, 6) is 3.73. The van der Waals surface area contributed by atoms with Crippen LogP contribution in [0.1, 0.15) is 78.6 Å². The second kappa shape index (κ2) is 6.74. The highest BCUT2D eigenvalue weighted by molar-refractivity contribution is 5.12. The molecule has 0 aromatic rings. The molecule has 10 atom stereocenters. The van der Waals surface area contributed by atoms with Gasteiger partial charge in [-0.3, -0.25) is 0 Å². The standard InChI is InChI=1S/C23H40O3/c1-14(9-11-24)18-6-7-19-17-5-4-15-12-16(25)8-10-22(15,2)20(17)13-21(26)23(18,19)3/h14-21,24-26H,4-13H2,1-3H3. The fourth-order valence-corrected chi connectivity index (χ4v) is 8.56. The molecule has 4 fully saturated rings. The zero-order valence-corrected chi connectivity index (χ0v) is 17.0. The van der Waals surface area contributed by atoms with Gasteiger partial charge in [0.05, 0.1) is 12.2 Å². The van der Waals surface area contributed by atoms with Crippen LogP contribution in [0, 0.1) is 46.3 Å². The van der Waals surface area contributed by atoms with Crippen LogP contribution in [0.5, 0.6) is 0 Å². The van der Waals surface area contributed by atoms with Crippen molar-refractivity contribution in [3.63, 3.8) is 0 Å². The van der Waals surface area contributed by atoms with E-state index in [-0.39, 0.29) is 24.2 Å². The molecule has 10 unspecified atom stereocenters. The first-order valence-electron chi connectivity index (χ1n) is 11.3. The molecule has 0 aliphatic heterocycles. The molecule has 3 nitrogen and oxygen atoms in total. The molecule has 4 saturated carbocycles. The molecule has 0 amide bonds. The maximum absolute atomic E-state index is 11.4. The predicted octanol–water partition coefficient (Wildman–Crippen LogP) is 4.00. The van der Waals surface area contributed by atoms with E-state index in [2.05, 4.69) is 20.8 Å². The van der Waals surface area contributed by atoms with Crippen LogP contribution in [0.15, 0.2) is 0 Å². The van der Waals surface area contributed by atoms with Crippen LogP contribution in [0.3, 0.4) is 0 Å². The van der Waals surface area contributed by atoms with Crippen molar-refractivity contribution < 1.29 is 15.3 Å². The second-order valence-corrected chi connectivity index (χ2v) is 10.9. The van der Waals surface area contributed by atoms with Crippen molar-refractivity contribution >= 4 is 0 Å². The smallest absolute Gasteiger partial charge is 0.0602 e. The van der Waals surface area contributed by atoms with E-state index in [0.29, 0.717) is 35.0 Å². The Labute approximate surface area is 159 Å². The maximum atomic E-state index is 11.4. The van der Waals surface area contributed by atoms with Gasteiger partial charge in [-0.2, -0.15) is 0 Å². The summed E-state index contributed by atoms with van der Waals surface area (Å²) in [4.78, 5) is 0. The molecule has 3 heteroatoms. The van der Waals surface area contributed by atoms with E-state index in [1.807, 2.05) is 0 Å². The van der Waals surface area contributed by atoms with E-state index in [9.17, 15) is 15.3 Å². The third kappa shape index (κ3) is 2.63. The highest BCUT2D eigenvalue weighted by Crippen LogP contribution is 2.68. The van der Waals surface area contributed by atoms with Crippen LogP contribution < -0.4 is 0 Å². The van der Waals surface area contributed by atoms with E-state index in [0.717, 1.165) is 38.0 Å². The predicted molar refractivity (Wildman–Crippen MR) is 103 cm³/mol. The average Bonchev–Trinajstić information content (AvgIpc) is 2.96. The average molecular weight is 365 g/mol. The lowest BCUT2D eigenvalue weighted by Gasteiger charge is -2.62. The number of hydrogen-bond donors (Lipinski definition) is 3. The highest BCUT2D eigenvalue weighted by Gasteiger charge is 2.63. The van der Waals surface area contributed by atoms with Crippen molar-refractivity contribution in [2.24, 2.45) is 46.3 Å². The summed E-state index contributed by atoms with van der Waals surface area (Å²) in [5, 5.41) is 31.0. The molecule has 4 aliphatic rings. The van der Waals surface area contributed by atoms with Crippen LogP contribution >= 0.6 is 0 Å². The molecule has 0 aromatic carbocycles. The first kappa shape index (κ1) is 19.2. The van der Waals surface area contributed by atoms with Gasteiger partial charge in [0.25, 0.3) is 0 Å². The summed E-state index contributed by atoms with van der Waals surface area (Å²) in [6, 6.07) is 0. The molecule has 4 aliphatic carbocycles. The highest BCUT2D eigenvalue weighted by atomic mass is 16.3. The molecule has 150 valence electrons. The summed E-state index contributed by atoms with van der Waals surface area (Å²) >= 11 is 0. The van der Waals surface area contributed by atoms with E-state index in [1.54, 1.807) is 0 Å². The van der Waals surface area contributed by atoms with Gasteiger partial charge in [-0.15, -0.1) is 0 Å². The molecule has 3 N–H and O–H groups in total. The minimum atomic E-state index is -0.204. The Bertz CT molecular complexity index is 522. The number of hydrogen-bond acceptors (Lipinski definition) is 3. The number of aliphatic hydroxyl groups excluding tert-OH is 3. The van der Waals surface area contributed by atoms with Crippen molar-refractivity contribution in [3.05, 3.63) is 0 Å². The van der Waals surface area contributed by atoms with Crippen LogP contribution in [-0.2, 0) is 0 Å². The lowest BCUT2D eigenvalue weighted by atomic mass is 9.43. The van der Waals surface area contributed by atoms with Crippen LogP contribution in [0.2, 0.25) is 0 Å². The fraction of sp³-hybridized carbons (Fsp3) is 1.00. The Morgan fingerprint density at radius 2 is 1.73 bits per heavy atom. The Kier molecular flexibility index (Phi) is 4.98.